The molecule has 0 atom stereocenters. The summed E-state index contributed by atoms with van der Waals surface area (Å²) in [6.45, 7) is 0. The van der Waals surface area contributed by atoms with Gasteiger partial charge in [-0.15, -0.1) is 5.10 Å². The predicted octanol–water partition coefficient (Wildman–Crippen LogP) is 2.95. The lowest BCUT2D eigenvalue weighted by molar-refractivity contribution is 0.415. The molecule has 0 bridgehead atoms. The first-order valence-electron chi connectivity index (χ1n) is 6.59. The summed E-state index contributed by atoms with van der Waals surface area (Å²) in [7, 11) is 1.66. The Morgan fingerprint density at radius 1 is 1.05 bits per heavy atom. The lowest BCUT2D eigenvalue weighted by atomic mass is 10.1. The second-order valence-corrected chi connectivity index (χ2v) is 4.72. The fraction of sp³-hybridized carbons (Fsp3) is 0.0625. The molecule has 0 saturated carbocycles. The van der Waals surface area contributed by atoms with Crippen LogP contribution in [0.2, 0.25) is 0 Å². The van der Waals surface area contributed by atoms with E-state index in [9.17, 15) is 0 Å². The molecule has 4 aromatic rings. The molecule has 0 saturated heterocycles. The summed E-state index contributed by atoms with van der Waals surface area (Å²) in [5, 5.41) is 5.41. The SMILES string of the molecule is COc1cccc(-c2cnc3c4cccnc4nn3c2)c1. The standard InChI is InChI=1S/C16H12N4O/c1-21-13-5-2-4-11(8-13)12-9-18-16-14-6-3-7-17-15(14)19-20(16)10-12/h2-10H,1H3. The van der Waals surface area contributed by atoms with E-state index in [0.717, 1.165) is 27.9 Å². The van der Waals surface area contributed by atoms with Crippen molar-refractivity contribution in [3.05, 3.63) is 55.0 Å². The van der Waals surface area contributed by atoms with Crippen molar-refractivity contribution >= 4 is 16.7 Å². The Kier molecular flexibility index (Phi) is 2.57. The maximum absolute atomic E-state index is 5.26. The molecule has 0 radical (unpaired) electrons. The highest BCUT2D eigenvalue weighted by Gasteiger charge is 2.08. The van der Waals surface area contributed by atoms with Crippen LogP contribution in [0.3, 0.4) is 0 Å². The van der Waals surface area contributed by atoms with E-state index < -0.39 is 0 Å². The van der Waals surface area contributed by atoms with Crippen molar-refractivity contribution in [1.82, 2.24) is 19.6 Å². The van der Waals surface area contributed by atoms with Gasteiger partial charge in [-0.25, -0.2) is 14.5 Å². The Morgan fingerprint density at radius 3 is 2.90 bits per heavy atom. The highest BCUT2D eigenvalue weighted by molar-refractivity contribution is 5.89. The van der Waals surface area contributed by atoms with Gasteiger partial charge in [0.15, 0.2) is 11.3 Å². The number of hydrogen-bond acceptors (Lipinski definition) is 4. The molecule has 0 unspecified atom stereocenters. The maximum Gasteiger partial charge on any atom is 0.183 e. The topological polar surface area (TPSA) is 52.3 Å². The summed E-state index contributed by atoms with van der Waals surface area (Å²) in [6.07, 6.45) is 5.54. The summed E-state index contributed by atoms with van der Waals surface area (Å²) in [4.78, 5) is 8.78. The van der Waals surface area contributed by atoms with Gasteiger partial charge in [0, 0.05) is 24.2 Å². The first-order valence-corrected chi connectivity index (χ1v) is 6.59. The molecule has 0 aliphatic carbocycles. The van der Waals surface area contributed by atoms with Crippen LogP contribution >= 0.6 is 0 Å². The van der Waals surface area contributed by atoms with E-state index in [4.69, 9.17) is 4.74 Å². The predicted molar refractivity (Wildman–Crippen MR) is 80.3 cm³/mol. The monoisotopic (exact) mass is 276 g/mol. The fourth-order valence-electron chi connectivity index (χ4n) is 2.39. The Bertz CT molecular complexity index is 945. The second kappa shape index (κ2) is 4.56. The number of rotatable bonds is 2. The van der Waals surface area contributed by atoms with E-state index in [-0.39, 0.29) is 0 Å². The van der Waals surface area contributed by atoms with Gasteiger partial charge in [0.1, 0.15) is 5.75 Å². The highest BCUT2D eigenvalue weighted by atomic mass is 16.5. The van der Waals surface area contributed by atoms with Crippen molar-refractivity contribution in [2.45, 2.75) is 0 Å². The average Bonchev–Trinajstić information content (AvgIpc) is 2.92. The molecule has 21 heavy (non-hydrogen) atoms. The Morgan fingerprint density at radius 2 is 2.00 bits per heavy atom. The van der Waals surface area contributed by atoms with Crippen molar-refractivity contribution in [3.8, 4) is 16.9 Å². The number of nitrogens with zero attached hydrogens (tertiary/aromatic N) is 4. The van der Waals surface area contributed by atoms with E-state index in [1.165, 1.54) is 0 Å². The van der Waals surface area contributed by atoms with Crippen LogP contribution in [0.4, 0.5) is 0 Å². The third-order valence-electron chi connectivity index (χ3n) is 3.44. The van der Waals surface area contributed by atoms with E-state index in [1.54, 1.807) is 17.8 Å². The molecule has 0 amide bonds. The number of benzene rings is 1. The van der Waals surface area contributed by atoms with Crippen molar-refractivity contribution in [2.75, 3.05) is 7.11 Å². The van der Waals surface area contributed by atoms with Crippen LogP contribution in [-0.2, 0) is 0 Å². The molecule has 5 nitrogen and oxygen atoms in total. The molecule has 4 rings (SSSR count). The number of fused-ring (bicyclic) bond motifs is 3. The third-order valence-corrected chi connectivity index (χ3v) is 3.44. The lowest BCUT2D eigenvalue weighted by Crippen LogP contribution is -1.92. The van der Waals surface area contributed by atoms with Crippen LogP contribution in [0.15, 0.2) is 55.0 Å². The first-order chi connectivity index (χ1) is 10.3. The first kappa shape index (κ1) is 11.8. The van der Waals surface area contributed by atoms with E-state index in [1.807, 2.05) is 48.8 Å². The zero-order chi connectivity index (χ0) is 14.2. The number of methoxy groups -OCH3 is 1. The zero-order valence-corrected chi connectivity index (χ0v) is 11.4. The molecule has 0 fully saturated rings. The summed E-state index contributed by atoms with van der Waals surface area (Å²) in [6, 6.07) is 11.7. The number of pyridine rings is 1. The van der Waals surface area contributed by atoms with Gasteiger partial charge in [0.2, 0.25) is 0 Å². The summed E-state index contributed by atoms with van der Waals surface area (Å²) < 4.78 is 7.03. The molecule has 0 aliphatic heterocycles. The third kappa shape index (κ3) is 1.90. The minimum Gasteiger partial charge on any atom is -0.497 e. The van der Waals surface area contributed by atoms with Gasteiger partial charge in [-0.05, 0) is 29.8 Å². The molecule has 0 aliphatic rings. The van der Waals surface area contributed by atoms with Crippen molar-refractivity contribution in [3.63, 3.8) is 0 Å². The minimum absolute atomic E-state index is 0.702. The smallest absolute Gasteiger partial charge is 0.183 e. The van der Waals surface area contributed by atoms with Gasteiger partial charge in [-0.3, -0.25) is 0 Å². The molecule has 0 spiro atoms. The average molecular weight is 276 g/mol. The Hall–Kier alpha value is -2.95. The Labute approximate surface area is 120 Å². The number of ether oxygens (including phenoxy) is 1. The van der Waals surface area contributed by atoms with Gasteiger partial charge in [-0.1, -0.05) is 12.1 Å². The Balaban J connectivity index is 1.92. The molecular formula is C16H12N4O. The largest absolute Gasteiger partial charge is 0.497 e. The number of aromatic nitrogens is 4. The van der Waals surface area contributed by atoms with Crippen LogP contribution in [0, 0.1) is 0 Å². The van der Waals surface area contributed by atoms with Crippen LogP contribution in [0.5, 0.6) is 5.75 Å². The lowest BCUT2D eigenvalue weighted by Gasteiger charge is -2.04. The highest BCUT2D eigenvalue weighted by Crippen LogP contribution is 2.24. The molecular weight excluding hydrogens is 264 g/mol. The summed E-state index contributed by atoms with van der Waals surface area (Å²) >= 11 is 0. The molecule has 5 heteroatoms. The van der Waals surface area contributed by atoms with E-state index in [0.29, 0.717) is 5.65 Å². The molecule has 1 aromatic carbocycles. The summed E-state index contributed by atoms with van der Waals surface area (Å²) in [5.41, 5.74) is 3.53. The van der Waals surface area contributed by atoms with Crippen LogP contribution < -0.4 is 4.74 Å². The number of hydrogen-bond donors (Lipinski definition) is 0. The summed E-state index contributed by atoms with van der Waals surface area (Å²) in [5.74, 6) is 0.819. The van der Waals surface area contributed by atoms with Gasteiger partial charge in [0.25, 0.3) is 0 Å². The van der Waals surface area contributed by atoms with Crippen LogP contribution in [-0.4, -0.2) is 26.7 Å². The second-order valence-electron chi connectivity index (χ2n) is 4.72. The molecule has 102 valence electrons. The molecule has 0 N–H and O–H groups in total. The van der Waals surface area contributed by atoms with Crippen LogP contribution in [0.1, 0.15) is 0 Å². The maximum atomic E-state index is 5.26. The van der Waals surface area contributed by atoms with Gasteiger partial charge < -0.3 is 4.74 Å². The van der Waals surface area contributed by atoms with Crippen molar-refractivity contribution in [2.24, 2.45) is 0 Å². The van der Waals surface area contributed by atoms with Crippen molar-refractivity contribution < 1.29 is 4.74 Å². The van der Waals surface area contributed by atoms with Gasteiger partial charge >= 0.3 is 0 Å². The molecule has 3 heterocycles. The van der Waals surface area contributed by atoms with Gasteiger partial charge in [0.05, 0.1) is 12.5 Å². The van der Waals surface area contributed by atoms with Crippen LogP contribution in [0.25, 0.3) is 27.8 Å². The minimum atomic E-state index is 0.702. The van der Waals surface area contributed by atoms with E-state index in [2.05, 4.69) is 15.1 Å². The fourth-order valence-corrected chi connectivity index (χ4v) is 2.39. The van der Waals surface area contributed by atoms with Crippen molar-refractivity contribution in [1.29, 1.82) is 0 Å². The normalized spacial score (nSPS) is 11.1. The molecule has 3 aromatic heterocycles. The quantitative estimate of drug-likeness (QED) is 0.565. The van der Waals surface area contributed by atoms with Gasteiger partial charge in [-0.2, -0.15) is 0 Å². The van der Waals surface area contributed by atoms with E-state index >= 15 is 0 Å². The zero-order valence-electron chi connectivity index (χ0n) is 11.4.